The minimum Gasteiger partial charge on any atom is -0.494 e. The van der Waals surface area contributed by atoms with Crippen LogP contribution in [0, 0.1) is 0 Å². The Morgan fingerprint density at radius 3 is 2.20 bits per heavy atom. The van der Waals surface area contributed by atoms with E-state index >= 15 is 0 Å². The van der Waals surface area contributed by atoms with Gasteiger partial charge in [-0.25, -0.2) is 0 Å². The summed E-state index contributed by atoms with van der Waals surface area (Å²) in [5, 5.41) is 5.70. The number of amides is 2. The maximum absolute atomic E-state index is 12.2. The van der Waals surface area contributed by atoms with Crippen LogP contribution in [-0.4, -0.2) is 56.6 Å². The third-order valence-corrected chi connectivity index (χ3v) is 4.33. The van der Waals surface area contributed by atoms with Gasteiger partial charge in [-0.15, -0.1) is 0 Å². The summed E-state index contributed by atoms with van der Waals surface area (Å²) in [5.74, 6) is 1.21. The first-order valence-electron chi connectivity index (χ1n) is 10.2. The van der Waals surface area contributed by atoms with Gasteiger partial charge in [0.15, 0.2) is 0 Å². The normalized spacial score (nSPS) is 10.5. The number of carbonyl (C=O) groups is 2. The summed E-state index contributed by atoms with van der Waals surface area (Å²) in [6.07, 6.45) is 0.841. The summed E-state index contributed by atoms with van der Waals surface area (Å²) in [5.41, 5.74) is 1.90. The summed E-state index contributed by atoms with van der Waals surface area (Å²) in [4.78, 5) is 26.0. The first kappa shape index (κ1) is 23.2. The molecule has 0 unspecified atom stereocenters. The largest absolute Gasteiger partial charge is 0.494 e. The molecule has 0 bridgehead atoms. The number of rotatable bonds is 12. The van der Waals surface area contributed by atoms with Gasteiger partial charge in [0.1, 0.15) is 18.1 Å². The van der Waals surface area contributed by atoms with E-state index in [0.717, 1.165) is 23.4 Å². The van der Waals surface area contributed by atoms with Gasteiger partial charge < -0.3 is 20.1 Å². The molecule has 2 amide bonds. The third-order valence-electron chi connectivity index (χ3n) is 4.33. The molecule has 2 aromatic rings. The Bertz CT molecular complexity index is 808. The Morgan fingerprint density at radius 1 is 0.900 bits per heavy atom. The molecule has 0 heterocycles. The fraction of sp³-hybridized carbons (Fsp3) is 0.391. The van der Waals surface area contributed by atoms with Gasteiger partial charge in [-0.2, -0.15) is 0 Å². The maximum atomic E-state index is 12.2. The molecule has 0 aliphatic rings. The Kier molecular flexibility index (Phi) is 9.67. The smallest absolute Gasteiger partial charge is 0.238 e. The van der Waals surface area contributed by atoms with Crippen LogP contribution in [0.15, 0.2) is 48.5 Å². The van der Waals surface area contributed by atoms with Crippen LogP contribution >= 0.6 is 0 Å². The van der Waals surface area contributed by atoms with Gasteiger partial charge >= 0.3 is 0 Å². The third kappa shape index (κ3) is 8.13. The van der Waals surface area contributed by atoms with Gasteiger partial charge in [0.2, 0.25) is 11.8 Å². The van der Waals surface area contributed by atoms with E-state index in [0.29, 0.717) is 25.5 Å². The van der Waals surface area contributed by atoms with E-state index in [4.69, 9.17) is 9.47 Å². The molecule has 162 valence electrons. The molecule has 30 heavy (non-hydrogen) atoms. The molecule has 2 N–H and O–H groups in total. The van der Waals surface area contributed by atoms with Crippen molar-refractivity contribution < 1.29 is 19.1 Å². The van der Waals surface area contributed by atoms with E-state index in [1.54, 1.807) is 11.9 Å². The number of benzene rings is 2. The van der Waals surface area contributed by atoms with Crippen molar-refractivity contribution in [3.63, 3.8) is 0 Å². The van der Waals surface area contributed by atoms with Crippen molar-refractivity contribution >= 4 is 17.5 Å². The zero-order valence-electron chi connectivity index (χ0n) is 17.9. The molecule has 0 aliphatic carbocycles. The highest BCUT2D eigenvalue weighted by Crippen LogP contribution is 2.17. The summed E-state index contributed by atoms with van der Waals surface area (Å²) in [6.45, 7) is 5.60. The SMILES string of the molecule is CCOc1ccc(OCCNC(=O)CN(C)CC(=O)Nc2ccccc2CC)cc1. The van der Waals surface area contributed by atoms with Crippen LogP contribution in [0.4, 0.5) is 5.69 Å². The van der Waals surface area contributed by atoms with Crippen molar-refractivity contribution in [2.75, 3.05) is 45.2 Å². The van der Waals surface area contributed by atoms with Crippen LogP contribution in [0.5, 0.6) is 11.5 Å². The lowest BCUT2D eigenvalue weighted by molar-refractivity contribution is -0.123. The van der Waals surface area contributed by atoms with Crippen LogP contribution in [0.1, 0.15) is 19.4 Å². The van der Waals surface area contributed by atoms with Gasteiger partial charge in [0, 0.05) is 5.69 Å². The van der Waals surface area contributed by atoms with Crippen molar-refractivity contribution in [2.24, 2.45) is 0 Å². The standard InChI is InChI=1S/C23H31N3O4/c1-4-18-8-6-7-9-21(18)25-23(28)17-26(3)16-22(27)24-14-15-30-20-12-10-19(11-13-20)29-5-2/h6-13H,4-5,14-17H2,1-3H3,(H,24,27)(H,25,28). The van der Waals surface area contributed by atoms with Crippen LogP contribution in [0.25, 0.3) is 0 Å². The van der Waals surface area contributed by atoms with Crippen LogP contribution < -0.4 is 20.1 Å². The Labute approximate surface area is 178 Å². The molecule has 2 rings (SSSR count). The second-order valence-electron chi connectivity index (χ2n) is 6.83. The second-order valence-corrected chi connectivity index (χ2v) is 6.83. The summed E-state index contributed by atoms with van der Waals surface area (Å²) in [6, 6.07) is 15.1. The number of hydrogen-bond acceptors (Lipinski definition) is 5. The monoisotopic (exact) mass is 413 g/mol. The van der Waals surface area contributed by atoms with Crippen molar-refractivity contribution in [3.05, 3.63) is 54.1 Å². The molecule has 7 heteroatoms. The molecular formula is C23H31N3O4. The van der Waals surface area contributed by atoms with Gasteiger partial charge in [-0.05, 0) is 56.3 Å². The number of nitrogens with one attached hydrogen (secondary N) is 2. The molecule has 7 nitrogen and oxygen atoms in total. The summed E-state index contributed by atoms with van der Waals surface area (Å²) in [7, 11) is 1.74. The van der Waals surface area contributed by atoms with Crippen LogP contribution in [0.2, 0.25) is 0 Å². The first-order chi connectivity index (χ1) is 14.5. The average Bonchev–Trinajstić information content (AvgIpc) is 2.72. The van der Waals surface area contributed by atoms with E-state index in [2.05, 4.69) is 10.6 Å². The second kappa shape index (κ2) is 12.5. The minimum atomic E-state index is -0.158. The highest BCUT2D eigenvalue weighted by Gasteiger charge is 2.12. The van der Waals surface area contributed by atoms with E-state index in [9.17, 15) is 9.59 Å². The zero-order chi connectivity index (χ0) is 21.8. The number of ether oxygens (including phenoxy) is 2. The molecular weight excluding hydrogens is 382 g/mol. The Morgan fingerprint density at radius 2 is 1.53 bits per heavy atom. The predicted octanol–water partition coefficient (Wildman–Crippen LogP) is 2.71. The fourth-order valence-electron chi connectivity index (χ4n) is 2.90. The lowest BCUT2D eigenvalue weighted by Gasteiger charge is -2.17. The number of carbonyl (C=O) groups excluding carboxylic acids is 2. The van der Waals surface area contributed by atoms with Crippen LogP contribution in [0.3, 0.4) is 0 Å². The average molecular weight is 414 g/mol. The highest BCUT2D eigenvalue weighted by atomic mass is 16.5. The fourth-order valence-corrected chi connectivity index (χ4v) is 2.90. The van der Waals surface area contributed by atoms with Crippen molar-refractivity contribution in [2.45, 2.75) is 20.3 Å². The molecule has 0 fully saturated rings. The quantitative estimate of drug-likeness (QED) is 0.523. The van der Waals surface area contributed by atoms with E-state index in [1.165, 1.54) is 0 Å². The molecule has 0 radical (unpaired) electrons. The van der Waals surface area contributed by atoms with Crippen molar-refractivity contribution in [1.29, 1.82) is 0 Å². The molecule has 2 aromatic carbocycles. The number of aryl methyl sites for hydroxylation is 1. The van der Waals surface area contributed by atoms with E-state index in [-0.39, 0.29) is 24.9 Å². The number of likely N-dealkylation sites (N-methyl/N-ethyl adjacent to an activating group) is 1. The van der Waals surface area contributed by atoms with Crippen molar-refractivity contribution in [3.8, 4) is 11.5 Å². The predicted molar refractivity (Wildman–Crippen MR) is 118 cm³/mol. The van der Waals surface area contributed by atoms with Gasteiger partial charge in [0.25, 0.3) is 0 Å². The van der Waals surface area contributed by atoms with Gasteiger partial charge in [-0.1, -0.05) is 25.1 Å². The molecule has 0 atom stereocenters. The Balaban J connectivity index is 1.64. The first-order valence-corrected chi connectivity index (χ1v) is 10.2. The lowest BCUT2D eigenvalue weighted by atomic mass is 10.1. The number of para-hydroxylation sites is 1. The minimum absolute atomic E-state index is 0.131. The molecule has 0 saturated carbocycles. The van der Waals surface area contributed by atoms with Crippen molar-refractivity contribution in [1.82, 2.24) is 10.2 Å². The maximum Gasteiger partial charge on any atom is 0.238 e. The summed E-state index contributed by atoms with van der Waals surface area (Å²) < 4.78 is 11.0. The zero-order valence-corrected chi connectivity index (χ0v) is 17.9. The Hall–Kier alpha value is -3.06. The topological polar surface area (TPSA) is 79.9 Å². The number of hydrogen-bond donors (Lipinski definition) is 2. The molecule has 0 aliphatic heterocycles. The lowest BCUT2D eigenvalue weighted by Crippen LogP contribution is -2.40. The number of anilines is 1. The molecule has 0 saturated heterocycles. The van der Waals surface area contributed by atoms with Gasteiger partial charge in [-0.3, -0.25) is 14.5 Å². The van der Waals surface area contributed by atoms with E-state index in [1.807, 2.05) is 62.4 Å². The summed E-state index contributed by atoms with van der Waals surface area (Å²) >= 11 is 0. The molecule has 0 spiro atoms. The highest BCUT2D eigenvalue weighted by molar-refractivity contribution is 5.93. The van der Waals surface area contributed by atoms with E-state index < -0.39 is 0 Å². The van der Waals surface area contributed by atoms with Crippen LogP contribution in [-0.2, 0) is 16.0 Å². The molecule has 0 aromatic heterocycles. The van der Waals surface area contributed by atoms with Gasteiger partial charge in [0.05, 0.1) is 26.2 Å². The number of nitrogens with zero attached hydrogens (tertiary/aromatic N) is 1.